The Kier molecular flexibility index (Phi) is 2.82. The summed E-state index contributed by atoms with van der Waals surface area (Å²) in [5, 5.41) is 9.02. The molecule has 2 unspecified atom stereocenters. The zero-order chi connectivity index (χ0) is 9.14. The number of benzene rings is 1. The van der Waals surface area contributed by atoms with E-state index in [9.17, 15) is 4.39 Å². The van der Waals surface area contributed by atoms with Gasteiger partial charge in [-0.3, -0.25) is 0 Å². The molecule has 12 heavy (non-hydrogen) atoms. The summed E-state index contributed by atoms with van der Waals surface area (Å²) >= 11 is 0. The van der Waals surface area contributed by atoms with Gasteiger partial charge in [-0.1, -0.05) is 24.3 Å². The minimum Gasteiger partial charge on any atom is -0.390 e. The summed E-state index contributed by atoms with van der Waals surface area (Å²) in [4.78, 5) is 0. The molecule has 2 atom stereocenters. The smallest absolute Gasteiger partial charge is 0.151 e. The van der Waals surface area contributed by atoms with Gasteiger partial charge >= 0.3 is 0 Å². The van der Waals surface area contributed by atoms with E-state index in [0.29, 0.717) is 5.56 Å². The predicted molar refractivity (Wildman–Crippen MR) is 46.7 cm³/mol. The maximum Gasteiger partial charge on any atom is 0.151 e. The minimum absolute atomic E-state index is 0.576. The molecule has 0 aliphatic carbocycles. The van der Waals surface area contributed by atoms with Crippen LogP contribution in [0.1, 0.15) is 24.2 Å². The maximum absolute atomic E-state index is 13.3. The van der Waals surface area contributed by atoms with Crippen molar-refractivity contribution in [3.05, 3.63) is 35.4 Å². The van der Waals surface area contributed by atoms with Crippen LogP contribution in [0.5, 0.6) is 0 Å². The number of hydrogen-bond acceptors (Lipinski definition) is 1. The fourth-order valence-corrected chi connectivity index (χ4v) is 1.16. The van der Waals surface area contributed by atoms with Crippen LogP contribution in [0, 0.1) is 6.92 Å². The van der Waals surface area contributed by atoms with Gasteiger partial charge in [-0.25, -0.2) is 4.39 Å². The van der Waals surface area contributed by atoms with E-state index in [4.69, 9.17) is 5.11 Å². The Balaban J connectivity index is 2.94. The first-order valence-electron chi connectivity index (χ1n) is 4.00. The van der Waals surface area contributed by atoms with Crippen LogP contribution in [0.4, 0.5) is 4.39 Å². The first-order valence-corrected chi connectivity index (χ1v) is 4.00. The molecule has 2 heteroatoms. The van der Waals surface area contributed by atoms with Gasteiger partial charge in [-0.05, 0) is 25.0 Å². The lowest BCUT2D eigenvalue weighted by Gasteiger charge is -2.13. The van der Waals surface area contributed by atoms with E-state index in [0.717, 1.165) is 5.56 Å². The van der Waals surface area contributed by atoms with Crippen LogP contribution < -0.4 is 0 Å². The third-order valence-electron chi connectivity index (χ3n) is 1.91. The first-order chi connectivity index (χ1) is 5.63. The number of alkyl halides is 1. The number of aliphatic hydroxyl groups is 1. The van der Waals surface area contributed by atoms with E-state index in [-0.39, 0.29) is 0 Å². The van der Waals surface area contributed by atoms with Crippen molar-refractivity contribution in [3.63, 3.8) is 0 Å². The van der Waals surface area contributed by atoms with E-state index < -0.39 is 12.3 Å². The van der Waals surface area contributed by atoms with E-state index in [2.05, 4.69) is 0 Å². The largest absolute Gasteiger partial charge is 0.390 e. The van der Waals surface area contributed by atoms with Gasteiger partial charge < -0.3 is 5.11 Å². The van der Waals surface area contributed by atoms with Crippen molar-refractivity contribution in [2.75, 3.05) is 0 Å². The molecule has 0 saturated heterocycles. The Morgan fingerprint density at radius 3 is 2.42 bits per heavy atom. The molecule has 0 heterocycles. The fourth-order valence-electron chi connectivity index (χ4n) is 1.16. The molecule has 1 aromatic rings. The molecule has 0 amide bonds. The molecular weight excluding hydrogens is 155 g/mol. The third kappa shape index (κ3) is 1.83. The molecular formula is C10H13FO. The Bertz CT molecular complexity index is 258. The lowest BCUT2D eigenvalue weighted by atomic mass is 10.0. The summed E-state index contributed by atoms with van der Waals surface area (Å²) in [6.45, 7) is 3.29. The monoisotopic (exact) mass is 168 g/mol. The Labute approximate surface area is 71.9 Å². The van der Waals surface area contributed by atoms with Crippen LogP contribution in [-0.4, -0.2) is 11.2 Å². The van der Waals surface area contributed by atoms with Crippen molar-refractivity contribution in [1.82, 2.24) is 0 Å². The highest BCUT2D eigenvalue weighted by molar-refractivity contribution is 5.28. The van der Waals surface area contributed by atoms with Gasteiger partial charge in [0.2, 0.25) is 0 Å². The number of aryl methyl sites for hydroxylation is 1. The molecule has 0 spiro atoms. The van der Waals surface area contributed by atoms with Gasteiger partial charge in [-0.15, -0.1) is 0 Å². The number of halogens is 1. The lowest BCUT2D eigenvalue weighted by Crippen LogP contribution is -2.10. The van der Waals surface area contributed by atoms with E-state index >= 15 is 0 Å². The Morgan fingerprint density at radius 2 is 1.92 bits per heavy atom. The van der Waals surface area contributed by atoms with Gasteiger partial charge in [0, 0.05) is 0 Å². The zero-order valence-corrected chi connectivity index (χ0v) is 7.29. The fraction of sp³-hybridized carbons (Fsp3) is 0.400. The molecule has 0 bridgehead atoms. The number of aliphatic hydroxyl groups excluding tert-OH is 1. The van der Waals surface area contributed by atoms with Gasteiger partial charge in [0.1, 0.15) is 0 Å². The van der Waals surface area contributed by atoms with Gasteiger partial charge in [0.05, 0.1) is 6.10 Å². The van der Waals surface area contributed by atoms with Crippen molar-refractivity contribution >= 4 is 0 Å². The van der Waals surface area contributed by atoms with E-state index in [1.54, 1.807) is 12.1 Å². The molecule has 66 valence electrons. The highest BCUT2D eigenvalue weighted by Gasteiger charge is 2.16. The normalized spacial score (nSPS) is 15.7. The average molecular weight is 168 g/mol. The minimum atomic E-state index is -1.27. The van der Waals surface area contributed by atoms with Crippen molar-refractivity contribution in [2.24, 2.45) is 0 Å². The Hall–Kier alpha value is -0.890. The van der Waals surface area contributed by atoms with Crippen LogP contribution in [-0.2, 0) is 0 Å². The van der Waals surface area contributed by atoms with Crippen LogP contribution >= 0.6 is 0 Å². The van der Waals surface area contributed by atoms with Crippen LogP contribution in [0.25, 0.3) is 0 Å². The Morgan fingerprint density at radius 1 is 1.33 bits per heavy atom. The molecule has 1 rings (SSSR count). The molecule has 0 aliphatic heterocycles. The topological polar surface area (TPSA) is 20.2 Å². The lowest BCUT2D eigenvalue weighted by molar-refractivity contribution is 0.0929. The zero-order valence-electron chi connectivity index (χ0n) is 7.29. The molecule has 0 aliphatic rings. The second-order valence-electron chi connectivity index (χ2n) is 3.00. The molecule has 0 fully saturated rings. The van der Waals surface area contributed by atoms with Gasteiger partial charge in [0.25, 0.3) is 0 Å². The summed E-state index contributed by atoms with van der Waals surface area (Å²) in [6.07, 6.45) is -2.21. The van der Waals surface area contributed by atoms with Crippen molar-refractivity contribution in [3.8, 4) is 0 Å². The van der Waals surface area contributed by atoms with Crippen LogP contribution in [0.15, 0.2) is 24.3 Å². The molecule has 0 saturated carbocycles. The van der Waals surface area contributed by atoms with Crippen LogP contribution in [0.2, 0.25) is 0 Å². The SMILES string of the molecule is Cc1ccccc1C(F)C(C)O. The summed E-state index contributed by atoms with van der Waals surface area (Å²) in [5.41, 5.74) is 1.46. The van der Waals surface area contributed by atoms with Crippen molar-refractivity contribution in [1.29, 1.82) is 0 Å². The second-order valence-corrected chi connectivity index (χ2v) is 3.00. The first kappa shape index (κ1) is 9.20. The summed E-state index contributed by atoms with van der Waals surface area (Å²) in [7, 11) is 0. The van der Waals surface area contributed by atoms with Crippen molar-refractivity contribution in [2.45, 2.75) is 26.1 Å². The van der Waals surface area contributed by atoms with E-state index in [1.165, 1.54) is 6.92 Å². The average Bonchev–Trinajstić information content (AvgIpc) is 2.04. The summed E-state index contributed by atoms with van der Waals surface area (Å²) < 4.78 is 13.3. The second kappa shape index (κ2) is 3.68. The maximum atomic E-state index is 13.3. The summed E-state index contributed by atoms with van der Waals surface area (Å²) in [5.74, 6) is 0. The van der Waals surface area contributed by atoms with E-state index in [1.807, 2.05) is 19.1 Å². The molecule has 0 radical (unpaired) electrons. The molecule has 1 nitrogen and oxygen atoms in total. The highest BCUT2D eigenvalue weighted by Crippen LogP contribution is 2.23. The standard InChI is InChI=1S/C10H13FO/c1-7-5-3-4-6-9(7)10(11)8(2)12/h3-6,8,10,12H,1-2H3. The van der Waals surface area contributed by atoms with Gasteiger partial charge in [-0.2, -0.15) is 0 Å². The molecule has 0 aromatic heterocycles. The van der Waals surface area contributed by atoms with Crippen molar-refractivity contribution < 1.29 is 9.50 Å². The summed E-state index contributed by atoms with van der Waals surface area (Å²) in [6, 6.07) is 7.17. The molecule has 1 N–H and O–H groups in total. The quantitative estimate of drug-likeness (QED) is 0.718. The van der Waals surface area contributed by atoms with Crippen LogP contribution in [0.3, 0.4) is 0 Å². The number of rotatable bonds is 2. The molecule has 1 aromatic carbocycles. The predicted octanol–water partition coefficient (Wildman–Crippen LogP) is 2.39. The highest BCUT2D eigenvalue weighted by atomic mass is 19.1. The van der Waals surface area contributed by atoms with Gasteiger partial charge in [0.15, 0.2) is 6.17 Å². The number of hydrogen-bond donors (Lipinski definition) is 1. The third-order valence-corrected chi connectivity index (χ3v) is 1.91.